The van der Waals surface area contributed by atoms with E-state index in [0.717, 1.165) is 56.9 Å². The van der Waals surface area contributed by atoms with E-state index in [1.807, 2.05) is 20.8 Å². The van der Waals surface area contributed by atoms with Crippen LogP contribution >= 0.6 is 11.3 Å². The average molecular weight is 847 g/mol. The molecular formula is C43H52F2N8O6S. The van der Waals surface area contributed by atoms with Crippen LogP contribution in [-0.4, -0.2) is 108 Å². The molecule has 0 saturated carbocycles. The monoisotopic (exact) mass is 846 g/mol. The summed E-state index contributed by atoms with van der Waals surface area (Å²) in [4.78, 5) is 42.3. The maximum absolute atomic E-state index is 17.9. The number of halogens is 2. The van der Waals surface area contributed by atoms with Gasteiger partial charge in [0, 0.05) is 74.8 Å². The van der Waals surface area contributed by atoms with Gasteiger partial charge in [-0.1, -0.05) is 13.0 Å². The minimum Gasteiger partial charge on any atom is -0.463 e. The number of carbonyl (C=O) groups is 2. The maximum Gasteiger partial charge on any atom is 0.412 e. The van der Waals surface area contributed by atoms with Crippen molar-refractivity contribution in [1.29, 1.82) is 5.26 Å². The van der Waals surface area contributed by atoms with Crippen LogP contribution in [0.5, 0.6) is 6.01 Å². The van der Waals surface area contributed by atoms with E-state index in [-0.39, 0.29) is 80.6 Å². The van der Waals surface area contributed by atoms with Gasteiger partial charge in [-0.2, -0.15) is 15.2 Å². The number of nitrogens with one attached hydrogen (secondary N) is 2. The quantitative estimate of drug-likeness (QED) is 0.180. The molecule has 2 N–H and O–H groups in total. The zero-order chi connectivity index (χ0) is 42.7. The lowest BCUT2D eigenvalue weighted by Crippen LogP contribution is -2.56. The number of aromatic nitrogens is 2. The number of piperazine rings is 2. The highest BCUT2D eigenvalue weighted by molar-refractivity contribution is 7.23. The molecule has 4 aromatic rings. The molecule has 0 aliphatic carbocycles. The molecule has 3 fully saturated rings. The highest BCUT2D eigenvalue weighted by Gasteiger charge is 2.45. The zero-order valence-electron chi connectivity index (χ0n) is 35.2. The number of carbonyl (C=O) groups excluding carboxylic acids is 2. The lowest BCUT2D eigenvalue weighted by atomic mass is 9.90. The Kier molecular flexibility index (Phi) is 11.3. The van der Waals surface area contributed by atoms with Crippen molar-refractivity contribution >= 4 is 55.3 Å². The molecule has 14 nitrogen and oxygen atoms in total. The van der Waals surface area contributed by atoms with E-state index in [0.29, 0.717) is 42.0 Å². The second-order valence-corrected chi connectivity index (χ2v) is 19.2. The van der Waals surface area contributed by atoms with Crippen LogP contribution in [0.3, 0.4) is 0 Å². The lowest BCUT2D eigenvalue weighted by molar-refractivity contribution is 0.0209. The van der Waals surface area contributed by atoms with E-state index < -0.39 is 28.9 Å². The SMILES string of the molecule is C[C@@H](COc1nc(N2C3CCC2CN(C(=O)OC(C)(C)C)C3)c2c3c(c(-c4ccc(F)c5sc(NC(=O)OC(C)(C)C)c(C#N)c45)c(F)c2n1)COC3)CN1CCNCC1. The van der Waals surface area contributed by atoms with Crippen molar-refractivity contribution in [1.82, 2.24) is 25.1 Å². The fourth-order valence-electron chi connectivity index (χ4n) is 8.82. The predicted octanol–water partition coefficient (Wildman–Crippen LogP) is 7.55. The molecule has 17 heteroatoms. The molecule has 2 aromatic heterocycles. The second-order valence-electron chi connectivity index (χ2n) is 18.2. The number of benzene rings is 2. The van der Waals surface area contributed by atoms with E-state index in [1.54, 1.807) is 25.7 Å². The average Bonchev–Trinajstić information content (AvgIpc) is 3.87. The number of amides is 2. The van der Waals surface area contributed by atoms with E-state index in [1.165, 1.54) is 12.1 Å². The van der Waals surface area contributed by atoms with Gasteiger partial charge in [0.1, 0.15) is 39.4 Å². The minimum atomic E-state index is -0.823. The summed E-state index contributed by atoms with van der Waals surface area (Å²) in [5, 5.41) is 17.2. The normalized spacial score (nSPS) is 20.0. The van der Waals surface area contributed by atoms with Gasteiger partial charge in [-0.05, 0) is 77.1 Å². The van der Waals surface area contributed by atoms with E-state index in [9.17, 15) is 14.9 Å². The van der Waals surface area contributed by atoms with Gasteiger partial charge in [-0.15, -0.1) is 11.3 Å². The number of thiophene rings is 1. The number of ether oxygens (including phenoxy) is 4. The van der Waals surface area contributed by atoms with Crippen molar-refractivity contribution < 1.29 is 37.3 Å². The van der Waals surface area contributed by atoms with Gasteiger partial charge in [0.15, 0.2) is 5.82 Å². The number of likely N-dealkylation sites (tertiary alicyclic amines) is 1. The Balaban J connectivity index is 1.25. The molecule has 6 heterocycles. The van der Waals surface area contributed by atoms with Gasteiger partial charge < -0.3 is 39.0 Å². The van der Waals surface area contributed by atoms with Crippen molar-refractivity contribution in [2.45, 2.75) is 97.8 Å². The Bertz CT molecular complexity index is 2370. The fourth-order valence-corrected chi connectivity index (χ4v) is 9.89. The molecule has 60 heavy (non-hydrogen) atoms. The summed E-state index contributed by atoms with van der Waals surface area (Å²) >= 11 is 0.879. The van der Waals surface area contributed by atoms with Crippen LogP contribution in [0.4, 0.5) is 29.2 Å². The standard InChI is InChI=1S/C43H52F2N8O6S/c1-23(17-51-14-12-47-13-15-51)20-57-39-48-35-33(37(49-39)53-24-8-9-25(53)19-52(18-24)41(55)59-43(5,6)7)29-22-56-21-28(29)31(34(35)45)26-10-11-30(44)36-32(26)27(16-46)38(60-36)50-40(54)58-42(2,3)4/h10-11,23-25,47H,8-9,12-15,17-22H2,1-7H3,(H,50,54)/t23-,24?,25?/m1/s1. The van der Waals surface area contributed by atoms with Gasteiger partial charge in [-0.3, -0.25) is 5.32 Å². The molecule has 3 saturated heterocycles. The van der Waals surface area contributed by atoms with Crippen LogP contribution in [0, 0.1) is 28.9 Å². The van der Waals surface area contributed by atoms with Gasteiger partial charge >= 0.3 is 18.2 Å². The highest BCUT2D eigenvalue weighted by Crippen LogP contribution is 2.49. The van der Waals surface area contributed by atoms with Gasteiger partial charge in [0.2, 0.25) is 0 Å². The molecular weight excluding hydrogens is 795 g/mol. The number of hydrogen-bond donors (Lipinski definition) is 2. The number of hydrogen-bond acceptors (Lipinski definition) is 13. The molecule has 320 valence electrons. The third-order valence-corrected chi connectivity index (χ3v) is 12.3. The van der Waals surface area contributed by atoms with Gasteiger partial charge in [0.25, 0.3) is 0 Å². The number of anilines is 2. The van der Waals surface area contributed by atoms with Crippen LogP contribution in [0.25, 0.3) is 32.1 Å². The molecule has 0 radical (unpaired) electrons. The topological polar surface area (TPSA) is 154 Å². The molecule has 2 bridgehead atoms. The summed E-state index contributed by atoms with van der Waals surface area (Å²) in [5.74, 6) is -0.694. The molecule has 4 aliphatic heterocycles. The fraction of sp³-hybridized carbons (Fsp3) is 0.558. The first-order chi connectivity index (χ1) is 28.5. The molecule has 0 spiro atoms. The second kappa shape index (κ2) is 16.2. The summed E-state index contributed by atoms with van der Waals surface area (Å²) in [7, 11) is 0. The first-order valence-corrected chi connectivity index (χ1v) is 21.4. The third-order valence-electron chi connectivity index (χ3n) is 11.2. The number of nitrogens with zero attached hydrogens (tertiary/aromatic N) is 6. The van der Waals surface area contributed by atoms with Crippen LogP contribution in [-0.2, 0) is 27.4 Å². The van der Waals surface area contributed by atoms with Crippen LogP contribution < -0.4 is 20.3 Å². The third kappa shape index (κ3) is 8.26. The summed E-state index contributed by atoms with van der Waals surface area (Å²) in [6.07, 6.45) is 0.391. The summed E-state index contributed by atoms with van der Waals surface area (Å²) in [5.41, 5.74) is 0.119. The summed E-state index contributed by atoms with van der Waals surface area (Å²) in [6.45, 7) is 18.6. The first kappa shape index (κ1) is 41.8. The van der Waals surface area contributed by atoms with Crippen molar-refractivity contribution in [2.24, 2.45) is 5.92 Å². The Morgan fingerprint density at radius 1 is 1.02 bits per heavy atom. The van der Waals surface area contributed by atoms with Crippen molar-refractivity contribution in [3.8, 4) is 23.2 Å². The largest absolute Gasteiger partial charge is 0.463 e. The van der Waals surface area contributed by atoms with Gasteiger partial charge in [-0.25, -0.2) is 18.4 Å². The molecule has 3 atom stereocenters. The van der Waals surface area contributed by atoms with Crippen LogP contribution in [0.1, 0.15) is 78.0 Å². The first-order valence-electron chi connectivity index (χ1n) is 20.6. The number of nitriles is 1. The van der Waals surface area contributed by atoms with Crippen molar-refractivity contribution in [2.75, 3.05) is 62.6 Å². The molecule has 4 aliphatic rings. The summed E-state index contributed by atoms with van der Waals surface area (Å²) in [6, 6.07) is 4.57. The Morgan fingerprint density at radius 2 is 1.70 bits per heavy atom. The summed E-state index contributed by atoms with van der Waals surface area (Å²) < 4.78 is 57.2. The van der Waals surface area contributed by atoms with E-state index in [4.69, 9.17) is 28.9 Å². The van der Waals surface area contributed by atoms with Crippen LogP contribution in [0.15, 0.2) is 12.1 Å². The maximum atomic E-state index is 17.9. The Labute approximate surface area is 352 Å². The van der Waals surface area contributed by atoms with E-state index >= 15 is 8.78 Å². The minimum absolute atomic E-state index is 0.0105. The van der Waals surface area contributed by atoms with Gasteiger partial charge in [0.05, 0.1) is 35.5 Å². The zero-order valence-corrected chi connectivity index (χ0v) is 36.0. The van der Waals surface area contributed by atoms with Crippen LogP contribution in [0.2, 0.25) is 0 Å². The number of rotatable bonds is 8. The number of fused-ring (bicyclic) bond motifs is 6. The van der Waals surface area contributed by atoms with E-state index in [2.05, 4.69) is 33.4 Å². The Morgan fingerprint density at radius 3 is 2.37 bits per heavy atom. The van der Waals surface area contributed by atoms with Crippen molar-refractivity contribution in [3.63, 3.8) is 0 Å². The molecule has 2 unspecified atom stereocenters. The molecule has 8 rings (SSSR count). The lowest BCUT2D eigenvalue weighted by Gasteiger charge is -2.42. The molecule has 2 amide bonds. The smallest absolute Gasteiger partial charge is 0.412 e. The predicted molar refractivity (Wildman–Crippen MR) is 224 cm³/mol. The Hall–Kier alpha value is -4.89. The highest BCUT2D eigenvalue weighted by atomic mass is 32.1. The molecule has 2 aromatic carbocycles. The van der Waals surface area contributed by atoms with Crippen molar-refractivity contribution in [3.05, 3.63) is 40.5 Å².